The number of carbonyl (C=O) groups is 1. The van der Waals surface area contributed by atoms with Crippen molar-refractivity contribution in [1.82, 2.24) is 9.97 Å². The molecule has 0 atom stereocenters. The molecule has 0 saturated carbocycles. The summed E-state index contributed by atoms with van der Waals surface area (Å²) in [6.07, 6.45) is -0.240. The number of nitrogens with zero attached hydrogens (tertiary/aromatic N) is 2. The van der Waals surface area contributed by atoms with Crippen molar-refractivity contribution < 1.29 is 22.7 Å². The molecule has 0 bridgehead atoms. The maximum absolute atomic E-state index is 13.0. The van der Waals surface area contributed by atoms with Gasteiger partial charge < -0.3 is 10.1 Å². The van der Waals surface area contributed by atoms with Crippen LogP contribution in [0, 0.1) is 0 Å². The van der Waals surface area contributed by atoms with Crippen LogP contribution in [0.5, 0.6) is 5.88 Å². The van der Waals surface area contributed by atoms with E-state index in [1.165, 1.54) is 29.4 Å². The van der Waals surface area contributed by atoms with Gasteiger partial charge in [-0.05, 0) is 37.0 Å². The van der Waals surface area contributed by atoms with Crippen molar-refractivity contribution in [2.24, 2.45) is 0 Å². The lowest BCUT2D eigenvalue weighted by atomic mass is 10.1. The summed E-state index contributed by atoms with van der Waals surface area (Å²) in [5, 5.41) is 3.06. The lowest BCUT2D eigenvalue weighted by molar-refractivity contribution is -0.137. The number of hydrogen-bond acceptors (Lipinski definition) is 5. The molecule has 1 aromatic carbocycles. The minimum Gasteiger partial charge on any atom is -0.467 e. The summed E-state index contributed by atoms with van der Waals surface area (Å²) in [5.41, 5.74) is -0.0604. The van der Waals surface area contributed by atoms with E-state index in [1.54, 1.807) is 11.3 Å². The molecule has 0 saturated heterocycles. The molecule has 0 aliphatic heterocycles. The lowest BCUT2D eigenvalue weighted by Gasteiger charge is -2.13. The number of halogens is 3. The van der Waals surface area contributed by atoms with Crippen LogP contribution in [-0.2, 0) is 23.8 Å². The number of aryl methyl sites for hydroxylation is 2. The van der Waals surface area contributed by atoms with Crippen LogP contribution in [0.1, 0.15) is 22.4 Å². The second-order valence-electron chi connectivity index (χ2n) is 6.10. The summed E-state index contributed by atoms with van der Waals surface area (Å²) in [5.74, 6) is -0.399. The smallest absolute Gasteiger partial charge is 0.418 e. The molecule has 1 aliphatic rings. The van der Waals surface area contributed by atoms with Crippen molar-refractivity contribution in [3.63, 3.8) is 0 Å². The number of rotatable bonds is 4. The number of benzene rings is 1. The van der Waals surface area contributed by atoms with Gasteiger partial charge in [0.2, 0.25) is 5.88 Å². The van der Waals surface area contributed by atoms with E-state index >= 15 is 0 Å². The quantitative estimate of drug-likeness (QED) is 0.721. The maximum Gasteiger partial charge on any atom is 0.418 e. The number of thiophene rings is 1. The number of hydrogen-bond donors (Lipinski definition) is 1. The van der Waals surface area contributed by atoms with Gasteiger partial charge in [-0.1, -0.05) is 12.1 Å². The molecule has 5 nitrogen and oxygen atoms in total. The molecule has 140 valence electrons. The van der Waals surface area contributed by atoms with E-state index in [2.05, 4.69) is 15.3 Å². The normalized spacial score (nSPS) is 13.6. The van der Waals surface area contributed by atoms with Gasteiger partial charge >= 0.3 is 6.18 Å². The van der Waals surface area contributed by atoms with E-state index < -0.39 is 24.3 Å². The standard InChI is InChI=1S/C18H14F3N3O2S/c19-18(20,21)11-5-1-2-6-12(11)24-14(25)8-26-16-15-10-4-3-7-13(10)27-17(15)23-9-22-16/h1-2,5-6,9H,3-4,7-8H2,(H,24,25). The summed E-state index contributed by atoms with van der Waals surface area (Å²) in [6, 6.07) is 4.81. The number of para-hydroxylation sites is 1. The number of ether oxygens (including phenoxy) is 1. The van der Waals surface area contributed by atoms with Crippen LogP contribution < -0.4 is 10.1 Å². The Labute approximate surface area is 156 Å². The van der Waals surface area contributed by atoms with Crippen molar-refractivity contribution >= 4 is 33.1 Å². The summed E-state index contributed by atoms with van der Waals surface area (Å²) >= 11 is 1.59. The molecule has 9 heteroatoms. The Bertz CT molecular complexity index is 1020. The van der Waals surface area contributed by atoms with Crippen molar-refractivity contribution in [1.29, 1.82) is 0 Å². The van der Waals surface area contributed by atoms with E-state index in [-0.39, 0.29) is 5.69 Å². The van der Waals surface area contributed by atoms with E-state index in [0.717, 1.165) is 41.1 Å². The molecule has 0 fully saturated rings. The van der Waals surface area contributed by atoms with E-state index in [4.69, 9.17) is 4.74 Å². The van der Waals surface area contributed by atoms with Crippen LogP contribution in [0.25, 0.3) is 10.2 Å². The predicted molar refractivity (Wildman–Crippen MR) is 95.0 cm³/mol. The highest BCUT2D eigenvalue weighted by Crippen LogP contribution is 2.40. The average Bonchev–Trinajstić information content (AvgIpc) is 3.20. The third kappa shape index (κ3) is 3.46. The first-order valence-corrected chi connectivity index (χ1v) is 9.09. The molecular weight excluding hydrogens is 379 g/mol. The fourth-order valence-corrected chi connectivity index (χ4v) is 4.39. The van der Waals surface area contributed by atoms with Gasteiger partial charge in [-0.25, -0.2) is 9.97 Å². The van der Waals surface area contributed by atoms with Crippen LogP contribution in [0.15, 0.2) is 30.6 Å². The first-order chi connectivity index (χ1) is 12.9. The first-order valence-electron chi connectivity index (χ1n) is 8.27. The van der Waals surface area contributed by atoms with Crippen molar-refractivity contribution in [2.45, 2.75) is 25.4 Å². The number of aromatic nitrogens is 2. The highest BCUT2D eigenvalue weighted by Gasteiger charge is 2.33. The highest BCUT2D eigenvalue weighted by molar-refractivity contribution is 7.18. The zero-order valence-corrected chi connectivity index (χ0v) is 14.8. The molecule has 0 unspecified atom stereocenters. The number of anilines is 1. The molecule has 3 aromatic rings. The molecule has 1 aliphatic carbocycles. The zero-order chi connectivity index (χ0) is 19.0. The molecule has 0 radical (unpaired) electrons. The van der Waals surface area contributed by atoms with Crippen LogP contribution in [0.2, 0.25) is 0 Å². The summed E-state index contributed by atoms with van der Waals surface area (Å²) in [6.45, 7) is -0.442. The Balaban J connectivity index is 1.51. The molecule has 1 amide bonds. The molecule has 27 heavy (non-hydrogen) atoms. The number of nitrogens with one attached hydrogen (secondary N) is 1. The van der Waals surface area contributed by atoms with Gasteiger partial charge in [0.05, 0.1) is 16.6 Å². The van der Waals surface area contributed by atoms with E-state index in [9.17, 15) is 18.0 Å². The van der Waals surface area contributed by atoms with Crippen LogP contribution in [-0.4, -0.2) is 22.5 Å². The number of amides is 1. The van der Waals surface area contributed by atoms with Gasteiger partial charge in [0.25, 0.3) is 5.91 Å². The van der Waals surface area contributed by atoms with Gasteiger partial charge in [0.1, 0.15) is 11.2 Å². The number of alkyl halides is 3. The summed E-state index contributed by atoms with van der Waals surface area (Å²) in [4.78, 5) is 22.5. The second-order valence-corrected chi connectivity index (χ2v) is 7.18. The summed E-state index contributed by atoms with van der Waals surface area (Å²) in [7, 11) is 0. The zero-order valence-electron chi connectivity index (χ0n) is 14.0. The van der Waals surface area contributed by atoms with Crippen molar-refractivity contribution in [2.75, 3.05) is 11.9 Å². The molecule has 2 aromatic heterocycles. The third-order valence-electron chi connectivity index (χ3n) is 4.31. The number of fused-ring (bicyclic) bond motifs is 3. The van der Waals surface area contributed by atoms with Crippen LogP contribution >= 0.6 is 11.3 Å². The predicted octanol–water partition coefficient (Wildman–Crippen LogP) is 4.22. The van der Waals surface area contributed by atoms with Gasteiger partial charge in [0, 0.05) is 4.88 Å². The Morgan fingerprint density at radius 3 is 2.85 bits per heavy atom. The average molecular weight is 393 g/mol. The topological polar surface area (TPSA) is 64.1 Å². The maximum atomic E-state index is 13.0. The Morgan fingerprint density at radius 2 is 2.04 bits per heavy atom. The Morgan fingerprint density at radius 1 is 1.22 bits per heavy atom. The van der Waals surface area contributed by atoms with Gasteiger partial charge in [-0.3, -0.25) is 4.79 Å². The molecule has 2 heterocycles. The molecule has 0 spiro atoms. The monoisotopic (exact) mass is 393 g/mol. The Hall–Kier alpha value is -2.68. The minimum atomic E-state index is -4.55. The fraction of sp³-hybridized carbons (Fsp3) is 0.278. The van der Waals surface area contributed by atoms with Crippen molar-refractivity contribution in [3.05, 3.63) is 46.6 Å². The largest absolute Gasteiger partial charge is 0.467 e. The van der Waals surface area contributed by atoms with Gasteiger partial charge in [0.15, 0.2) is 6.61 Å². The van der Waals surface area contributed by atoms with Crippen LogP contribution in [0.4, 0.5) is 18.9 Å². The fourth-order valence-electron chi connectivity index (χ4n) is 3.17. The highest BCUT2D eigenvalue weighted by atomic mass is 32.1. The summed E-state index contributed by atoms with van der Waals surface area (Å²) < 4.78 is 44.6. The van der Waals surface area contributed by atoms with Crippen LogP contribution in [0.3, 0.4) is 0 Å². The molecule has 4 rings (SSSR count). The minimum absolute atomic E-state index is 0.290. The van der Waals surface area contributed by atoms with Crippen molar-refractivity contribution in [3.8, 4) is 5.88 Å². The molecule has 1 N–H and O–H groups in total. The SMILES string of the molecule is O=C(COc1ncnc2sc3c(c12)CCC3)Nc1ccccc1C(F)(F)F. The second kappa shape index (κ2) is 6.80. The van der Waals surface area contributed by atoms with E-state index in [0.29, 0.717) is 5.88 Å². The number of carbonyl (C=O) groups excluding carboxylic acids is 1. The third-order valence-corrected chi connectivity index (χ3v) is 5.51. The van der Waals surface area contributed by atoms with E-state index in [1.807, 2.05) is 0 Å². The van der Waals surface area contributed by atoms with Gasteiger partial charge in [-0.15, -0.1) is 11.3 Å². The molecular formula is C18H14F3N3O2S. The lowest BCUT2D eigenvalue weighted by Crippen LogP contribution is -2.22. The first kappa shape index (κ1) is 17.7. The Kier molecular flexibility index (Phi) is 4.47. The van der Waals surface area contributed by atoms with Gasteiger partial charge in [-0.2, -0.15) is 13.2 Å².